The van der Waals surface area contributed by atoms with Crippen LogP contribution in [-0.4, -0.2) is 50.3 Å². The number of hydrogen-bond acceptors (Lipinski definition) is 9. The largest absolute Gasteiger partial charge is 0.563 e. The van der Waals surface area contributed by atoms with Crippen LogP contribution < -0.4 is 14.1 Å². The van der Waals surface area contributed by atoms with Crippen molar-refractivity contribution in [3.05, 3.63) is 17.7 Å². The molecule has 1 N–H and O–H groups in total. The van der Waals surface area contributed by atoms with E-state index in [0.717, 1.165) is 0 Å². The van der Waals surface area contributed by atoms with Gasteiger partial charge in [0.2, 0.25) is 6.79 Å². The first-order valence-corrected chi connectivity index (χ1v) is 7.70. The molecule has 0 fully saturated rings. The highest BCUT2D eigenvalue weighted by atomic mass is 16.8. The fourth-order valence-electron chi connectivity index (χ4n) is 2.01. The maximum atomic E-state index is 12.4. The fourth-order valence-corrected chi connectivity index (χ4v) is 2.01. The molecule has 0 saturated carbocycles. The summed E-state index contributed by atoms with van der Waals surface area (Å²) in [4.78, 5) is 23.6. The van der Waals surface area contributed by atoms with Gasteiger partial charge in [0.1, 0.15) is 17.8 Å². The maximum absolute atomic E-state index is 12.4. The molecule has 0 unspecified atom stereocenters. The van der Waals surface area contributed by atoms with Crippen molar-refractivity contribution in [2.45, 2.75) is 26.9 Å². The van der Waals surface area contributed by atoms with Crippen molar-refractivity contribution >= 4 is 19.2 Å². The van der Waals surface area contributed by atoms with Gasteiger partial charge in [-0.1, -0.05) is 0 Å². The molecule has 0 bridgehead atoms. The summed E-state index contributed by atoms with van der Waals surface area (Å²) in [5.41, 5.74) is -0.0704. The zero-order chi connectivity index (χ0) is 18.4. The minimum absolute atomic E-state index is 0.000503. The third-order valence-electron chi connectivity index (χ3n) is 2.92. The van der Waals surface area contributed by atoms with E-state index in [4.69, 9.17) is 23.6 Å². The van der Waals surface area contributed by atoms with E-state index in [2.05, 4.69) is 4.74 Å². The zero-order valence-electron chi connectivity index (χ0n) is 14.1. The van der Waals surface area contributed by atoms with E-state index < -0.39 is 26.0 Å². The number of rotatable bonds is 6. The molecule has 10 heteroatoms. The van der Waals surface area contributed by atoms with Crippen LogP contribution in [0.1, 0.15) is 31.1 Å². The van der Waals surface area contributed by atoms with Crippen LogP contribution in [0.2, 0.25) is 0 Å². The number of benzene rings is 1. The summed E-state index contributed by atoms with van der Waals surface area (Å²) in [5, 5.41) is 9.59. The second-order valence-electron chi connectivity index (χ2n) is 5.19. The number of carbonyl (C=O) groups is 2. The van der Waals surface area contributed by atoms with Crippen LogP contribution in [0.3, 0.4) is 0 Å². The van der Waals surface area contributed by atoms with Crippen LogP contribution in [0, 0.1) is 0 Å². The van der Waals surface area contributed by atoms with Gasteiger partial charge in [-0.15, -0.1) is 0 Å². The van der Waals surface area contributed by atoms with Gasteiger partial charge in [0.25, 0.3) is 0 Å². The van der Waals surface area contributed by atoms with Crippen LogP contribution >= 0.6 is 0 Å². The van der Waals surface area contributed by atoms with Crippen LogP contribution in [0.4, 0.5) is 4.79 Å². The predicted octanol–water partition coefficient (Wildman–Crippen LogP) is 1.55. The van der Waals surface area contributed by atoms with Crippen LogP contribution in [0.25, 0.3) is 0 Å². The summed E-state index contributed by atoms with van der Waals surface area (Å²) in [6.07, 6.45) is -1.32. The molecule has 1 aromatic rings. The maximum Gasteiger partial charge on any atom is 0.563 e. The molecule has 0 aromatic heterocycles. The molecule has 2 rings (SSSR count). The van der Waals surface area contributed by atoms with E-state index in [9.17, 15) is 14.6 Å². The topological polar surface area (TPSA) is 110 Å². The molecule has 1 aliphatic heterocycles. The molecule has 0 radical (unpaired) electrons. The number of fused-ring (bicyclic) bond motifs is 1. The lowest BCUT2D eigenvalue weighted by Gasteiger charge is -2.23. The zero-order valence-corrected chi connectivity index (χ0v) is 14.1. The first kappa shape index (κ1) is 18.7. The van der Waals surface area contributed by atoms with Gasteiger partial charge in [-0.3, -0.25) is 0 Å². The van der Waals surface area contributed by atoms with Crippen molar-refractivity contribution in [2.24, 2.45) is 0 Å². The summed E-state index contributed by atoms with van der Waals surface area (Å²) in [6, 6.07) is 3.08. The fraction of sp³-hybridized carbons (Fsp3) is 0.467. The Hall–Kier alpha value is -2.62. The van der Waals surface area contributed by atoms with Gasteiger partial charge in [0.15, 0.2) is 11.5 Å². The Bertz CT molecular complexity index is 632. The van der Waals surface area contributed by atoms with Gasteiger partial charge in [0, 0.05) is 0 Å². The average Bonchev–Trinajstić information content (AvgIpc) is 2.53. The lowest BCUT2D eigenvalue weighted by molar-refractivity contribution is -0.0347. The van der Waals surface area contributed by atoms with Gasteiger partial charge in [-0.2, -0.15) is 0 Å². The lowest BCUT2D eigenvalue weighted by atomic mass is 9.91. The summed E-state index contributed by atoms with van der Waals surface area (Å²) in [7, 11) is -1.23. The Labute approximate surface area is 144 Å². The van der Waals surface area contributed by atoms with Crippen LogP contribution in [0.5, 0.6) is 17.2 Å². The van der Waals surface area contributed by atoms with Crippen molar-refractivity contribution in [1.29, 1.82) is 0 Å². The molecule has 0 aliphatic carbocycles. The molecular weight excluding hydrogens is 335 g/mol. The van der Waals surface area contributed by atoms with Gasteiger partial charge >= 0.3 is 19.2 Å². The number of ether oxygens (including phenoxy) is 5. The third kappa shape index (κ3) is 4.93. The minimum atomic E-state index is -1.23. The third-order valence-corrected chi connectivity index (χ3v) is 2.92. The number of esters is 1. The second-order valence-corrected chi connectivity index (χ2v) is 5.19. The van der Waals surface area contributed by atoms with Crippen LogP contribution in [-0.2, 0) is 14.2 Å². The number of carbonyl (C=O) groups excluding carboxylic acids is 2. The highest BCUT2D eigenvalue weighted by Gasteiger charge is 2.32. The molecular formula is C15H19BO9. The summed E-state index contributed by atoms with van der Waals surface area (Å²) < 4.78 is 30.3. The summed E-state index contributed by atoms with van der Waals surface area (Å²) >= 11 is 0. The molecule has 25 heavy (non-hydrogen) atoms. The SMILES string of the molecule is CCOc1ccc2c(c1C(=O)OCOC(=O)OC(C)C)OB(O)CO2. The van der Waals surface area contributed by atoms with Crippen molar-refractivity contribution in [2.75, 3.05) is 19.9 Å². The molecule has 1 aliphatic rings. The molecule has 0 amide bonds. The molecule has 0 atom stereocenters. The number of hydrogen-bond donors (Lipinski definition) is 1. The Balaban J connectivity index is 2.12. The molecule has 9 nitrogen and oxygen atoms in total. The van der Waals surface area contributed by atoms with Gasteiger partial charge in [-0.05, 0) is 32.9 Å². The van der Waals surface area contributed by atoms with Gasteiger partial charge in [-0.25, -0.2) is 9.59 Å². The molecule has 0 saturated heterocycles. The van der Waals surface area contributed by atoms with E-state index in [1.54, 1.807) is 26.8 Å². The highest BCUT2D eigenvalue weighted by molar-refractivity contribution is 6.44. The monoisotopic (exact) mass is 354 g/mol. The Morgan fingerprint density at radius 2 is 2.08 bits per heavy atom. The minimum Gasteiger partial charge on any atom is -0.531 e. The molecule has 136 valence electrons. The van der Waals surface area contributed by atoms with E-state index in [-0.39, 0.29) is 35.4 Å². The van der Waals surface area contributed by atoms with Crippen molar-refractivity contribution in [3.8, 4) is 17.2 Å². The average molecular weight is 354 g/mol. The van der Waals surface area contributed by atoms with Crippen molar-refractivity contribution in [3.63, 3.8) is 0 Å². The Kier molecular flexibility index (Phi) is 6.34. The van der Waals surface area contributed by atoms with Gasteiger partial charge in [0.05, 0.1) is 12.7 Å². The van der Waals surface area contributed by atoms with E-state index in [1.165, 1.54) is 6.07 Å². The highest BCUT2D eigenvalue weighted by Crippen LogP contribution is 2.40. The first-order chi connectivity index (χ1) is 11.9. The van der Waals surface area contributed by atoms with Gasteiger partial charge < -0.3 is 33.4 Å². The van der Waals surface area contributed by atoms with E-state index in [1.807, 2.05) is 0 Å². The summed E-state index contributed by atoms with van der Waals surface area (Å²) in [6.45, 7) is 4.62. The lowest BCUT2D eigenvalue weighted by Crippen LogP contribution is -2.35. The molecule has 1 aromatic carbocycles. The predicted molar refractivity (Wildman–Crippen MR) is 84.7 cm³/mol. The summed E-state index contributed by atoms with van der Waals surface area (Å²) in [5.74, 6) is -0.413. The molecule has 1 heterocycles. The quantitative estimate of drug-likeness (QED) is 0.462. The van der Waals surface area contributed by atoms with E-state index in [0.29, 0.717) is 6.61 Å². The second kappa shape index (κ2) is 8.47. The Morgan fingerprint density at radius 3 is 2.76 bits per heavy atom. The Morgan fingerprint density at radius 1 is 1.32 bits per heavy atom. The standard InChI is InChI=1S/C15H19BO9/c1-4-20-10-5-6-11-13(25-16(19)7-21-11)12(10)14(17)22-8-23-15(18)24-9(2)3/h5-6,9,19H,4,7-8H2,1-3H3. The van der Waals surface area contributed by atoms with E-state index >= 15 is 0 Å². The normalized spacial score (nSPS) is 12.6. The van der Waals surface area contributed by atoms with Crippen LogP contribution in [0.15, 0.2) is 12.1 Å². The van der Waals surface area contributed by atoms with Crippen molar-refractivity contribution < 1.29 is 43.0 Å². The first-order valence-electron chi connectivity index (χ1n) is 7.70. The smallest absolute Gasteiger partial charge is 0.531 e. The van der Waals surface area contributed by atoms with Crippen molar-refractivity contribution in [1.82, 2.24) is 0 Å². The molecule has 0 spiro atoms.